The maximum absolute atomic E-state index is 12.0. The van der Waals surface area contributed by atoms with E-state index >= 15 is 0 Å². The van der Waals surface area contributed by atoms with Gasteiger partial charge in [-0.3, -0.25) is 4.18 Å². The first-order chi connectivity index (χ1) is 10.0. The van der Waals surface area contributed by atoms with Crippen molar-refractivity contribution in [3.63, 3.8) is 0 Å². The van der Waals surface area contributed by atoms with Crippen LogP contribution in [0.25, 0.3) is 0 Å². The quantitative estimate of drug-likeness (QED) is 0.366. The Bertz CT molecular complexity index is 542. The summed E-state index contributed by atoms with van der Waals surface area (Å²) in [4.78, 5) is 0. The number of sulfonamides is 1. The summed E-state index contributed by atoms with van der Waals surface area (Å²) < 4.78 is 98.3. The lowest BCUT2D eigenvalue weighted by molar-refractivity contribution is -0.0442. The van der Waals surface area contributed by atoms with Crippen molar-refractivity contribution in [1.82, 2.24) is 4.13 Å². The summed E-state index contributed by atoms with van der Waals surface area (Å²) in [5, 5.41) is 0. The van der Waals surface area contributed by atoms with Crippen molar-refractivity contribution in [1.29, 1.82) is 0 Å². The van der Waals surface area contributed by atoms with Crippen molar-refractivity contribution in [2.24, 2.45) is 0 Å². The molecule has 0 bridgehead atoms. The molecular weight excluding hydrogens is 359 g/mol. The van der Waals surface area contributed by atoms with Crippen molar-refractivity contribution < 1.29 is 48.4 Å². The normalized spacial score (nSPS) is 19.3. The summed E-state index contributed by atoms with van der Waals surface area (Å²) in [7, 11) is -11.2. The smallest absolute Gasteiger partial charge is 0.377 e. The second kappa shape index (κ2) is 7.85. The molecule has 1 atom stereocenters. The average molecular weight is 373 g/mol. The lowest BCUT2D eigenvalue weighted by Gasteiger charge is -2.10. The van der Waals surface area contributed by atoms with Gasteiger partial charge >= 0.3 is 25.8 Å². The minimum atomic E-state index is -6.05. The zero-order valence-corrected chi connectivity index (χ0v) is 12.7. The van der Waals surface area contributed by atoms with Gasteiger partial charge in [-0.15, -0.1) is 0 Å². The average Bonchev–Trinajstić information content (AvgIpc) is 3.13. The van der Waals surface area contributed by atoms with E-state index in [1.165, 1.54) is 0 Å². The van der Waals surface area contributed by atoms with Gasteiger partial charge in [-0.2, -0.15) is 21.6 Å². The van der Waals surface area contributed by atoms with E-state index in [1.807, 2.05) is 0 Å². The van der Waals surface area contributed by atoms with Crippen molar-refractivity contribution in [2.75, 3.05) is 39.6 Å². The second-order valence-corrected chi connectivity index (χ2v) is 7.23. The molecule has 9 nitrogen and oxygen atoms in total. The van der Waals surface area contributed by atoms with Crippen molar-refractivity contribution >= 4 is 20.3 Å². The Balaban J connectivity index is 2.14. The van der Waals surface area contributed by atoms with Crippen molar-refractivity contribution in [2.45, 2.75) is 11.6 Å². The van der Waals surface area contributed by atoms with E-state index in [2.05, 4.69) is 4.18 Å². The number of rotatable bonds is 11. The summed E-state index contributed by atoms with van der Waals surface area (Å²) in [6.45, 7) is 0.427. The summed E-state index contributed by atoms with van der Waals surface area (Å²) in [6.07, 6.45) is 0.0927. The maximum atomic E-state index is 12.0. The number of halogens is 3. The van der Waals surface area contributed by atoms with Gasteiger partial charge in [-0.1, -0.05) is 4.13 Å². The highest BCUT2D eigenvalue weighted by molar-refractivity contribution is 8.03. The molecule has 0 radical (unpaired) electrons. The summed E-state index contributed by atoms with van der Waals surface area (Å²) in [5.41, 5.74) is -5.76. The van der Waals surface area contributed by atoms with Gasteiger partial charge in [0.15, 0.2) is 0 Å². The van der Waals surface area contributed by atoms with Gasteiger partial charge in [0.1, 0.15) is 6.10 Å². The predicted octanol–water partition coefficient (Wildman–Crippen LogP) is -0.881. The highest BCUT2D eigenvalue weighted by Gasteiger charge is 2.48. The zero-order valence-electron chi connectivity index (χ0n) is 11.0. The Labute approximate surface area is 125 Å². The minimum Gasteiger partial charge on any atom is -0.377 e. The van der Waals surface area contributed by atoms with Gasteiger partial charge in [-0.25, -0.2) is 8.42 Å². The topological polar surface area (TPSA) is 121 Å². The third-order valence-electron chi connectivity index (χ3n) is 2.06. The Kier molecular flexibility index (Phi) is 6.97. The SMILES string of the molecule is O=S(=O)(NS(=O)(=O)C(F)(F)F)OCCOCCOCC1CO1. The molecule has 1 fully saturated rings. The first-order valence-electron chi connectivity index (χ1n) is 5.80. The zero-order chi connectivity index (χ0) is 16.9. The number of hydrogen-bond donors (Lipinski definition) is 1. The molecule has 22 heavy (non-hydrogen) atoms. The molecule has 0 saturated carbocycles. The van der Waals surface area contributed by atoms with Gasteiger partial charge < -0.3 is 14.2 Å². The van der Waals surface area contributed by atoms with Crippen LogP contribution in [0.2, 0.25) is 0 Å². The van der Waals surface area contributed by atoms with Crippen molar-refractivity contribution in [3.05, 3.63) is 0 Å². The number of epoxide rings is 1. The summed E-state index contributed by atoms with van der Waals surface area (Å²) >= 11 is 0. The Morgan fingerprint density at radius 1 is 1.05 bits per heavy atom. The number of nitrogens with one attached hydrogen (secondary N) is 1. The Morgan fingerprint density at radius 3 is 2.14 bits per heavy atom. The number of hydrogen-bond acceptors (Lipinski definition) is 8. The van der Waals surface area contributed by atoms with Gasteiger partial charge in [-0.05, 0) is 0 Å². The van der Waals surface area contributed by atoms with Crippen LogP contribution in [-0.4, -0.2) is 68.1 Å². The van der Waals surface area contributed by atoms with E-state index in [1.54, 1.807) is 0 Å². The van der Waals surface area contributed by atoms with Crippen LogP contribution < -0.4 is 4.13 Å². The molecule has 0 aliphatic carbocycles. The standard InChI is InChI=1S/C8H14F3NO8S2/c9-8(10,11)21(13,14)12-22(15,16)20-4-3-17-1-2-18-5-7-6-19-7/h7,12H,1-6H2. The molecule has 0 aromatic heterocycles. The molecule has 1 saturated heterocycles. The molecule has 132 valence electrons. The molecule has 1 aliphatic rings. The van der Waals surface area contributed by atoms with E-state index in [-0.39, 0.29) is 25.9 Å². The maximum Gasteiger partial charge on any atom is 0.512 e. The molecule has 1 unspecified atom stereocenters. The molecule has 0 aromatic rings. The first-order valence-corrected chi connectivity index (χ1v) is 8.69. The Hall–Kier alpha value is -0.510. The lowest BCUT2D eigenvalue weighted by atomic mass is 10.5. The molecule has 0 amide bonds. The van der Waals surface area contributed by atoms with Gasteiger partial charge in [0.05, 0.1) is 39.6 Å². The molecule has 0 aromatic carbocycles. The fourth-order valence-electron chi connectivity index (χ4n) is 1.01. The molecule has 1 N–H and O–H groups in total. The third kappa shape index (κ3) is 7.66. The van der Waals surface area contributed by atoms with Crippen LogP contribution in [0.4, 0.5) is 13.2 Å². The highest BCUT2D eigenvalue weighted by atomic mass is 32.3. The second-order valence-electron chi connectivity index (χ2n) is 3.95. The fourth-order valence-corrected chi connectivity index (χ4v) is 2.94. The largest absolute Gasteiger partial charge is 0.512 e. The molecule has 14 heteroatoms. The summed E-state index contributed by atoms with van der Waals surface area (Å²) in [6, 6.07) is 0. The van der Waals surface area contributed by atoms with E-state index in [0.29, 0.717) is 17.3 Å². The number of ether oxygens (including phenoxy) is 3. The van der Waals surface area contributed by atoms with Crippen LogP contribution in [0.5, 0.6) is 0 Å². The molecular formula is C8H14F3NO8S2. The first kappa shape index (κ1) is 19.5. The van der Waals surface area contributed by atoms with Crippen LogP contribution >= 0.6 is 0 Å². The van der Waals surface area contributed by atoms with E-state index in [0.717, 1.165) is 0 Å². The van der Waals surface area contributed by atoms with Gasteiger partial charge in [0.25, 0.3) is 0 Å². The molecule has 1 rings (SSSR count). The predicted molar refractivity (Wildman–Crippen MR) is 64.4 cm³/mol. The van der Waals surface area contributed by atoms with E-state index in [4.69, 9.17) is 14.2 Å². The monoisotopic (exact) mass is 373 g/mol. The van der Waals surface area contributed by atoms with Crippen LogP contribution in [0.15, 0.2) is 0 Å². The molecule has 0 spiro atoms. The van der Waals surface area contributed by atoms with Crippen molar-refractivity contribution in [3.8, 4) is 0 Å². The Morgan fingerprint density at radius 2 is 1.59 bits per heavy atom. The van der Waals surface area contributed by atoms with Gasteiger partial charge in [0.2, 0.25) is 0 Å². The fraction of sp³-hybridized carbons (Fsp3) is 1.00. The summed E-state index contributed by atoms with van der Waals surface area (Å²) in [5.74, 6) is 0. The van der Waals surface area contributed by atoms with E-state index in [9.17, 15) is 30.0 Å². The molecule has 1 heterocycles. The van der Waals surface area contributed by atoms with Crippen LogP contribution in [0, 0.1) is 0 Å². The minimum absolute atomic E-state index is 0.0927. The van der Waals surface area contributed by atoms with Gasteiger partial charge in [0, 0.05) is 0 Å². The van der Waals surface area contributed by atoms with Crippen LogP contribution in [0.1, 0.15) is 0 Å². The lowest BCUT2D eigenvalue weighted by Crippen LogP contribution is -2.41. The van der Waals surface area contributed by atoms with E-state index < -0.39 is 32.4 Å². The highest BCUT2D eigenvalue weighted by Crippen LogP contribution is 2.22. The third-order valence-corrected chi connectivity index (χ3v) is 4.84. The van der Waals surface area contributed by atoms with Crippen LogP contribution in [-0.2, 0) is 38.7 Å². The number of alkyl halides is 3. The molecule has 1 aliphatic heterocycles. The van der Waals surface area contributed by atoms with Crippen LogP contribution in [0.3, 0.4) is 0 Å².